The molecule has 2 aromatic carbocycles. The minimum Gasteiger partial charge on any atom is -0.446 e. The molecule has 0 atom stereocenters. The van der Waals surface area contributed by atoms with Gasteiger partial charge in [-0.15, -0.1) is 0 Å². The minimum atomic E-state index is -0.558. The monoisotopic (exact) mass is 444 g/mol. The molecule has 2 N–H and O–H groups in total. The highest BCUT2D eigenvalue weighted by atomic mass is 16.4. The van der Waals surface area contributed by atoms with E-state index in [1.54, 1.807) is 12.4 Å². The Morgan fingerprint density at radius 3 is 1.36 bits per heavy atom. The van der Waals surface area contributed by atoms with Gasteiger partial charge in [-0.3, -0.25) is 9.59 Å². The van der Waals surface area contributed by atoms with Crippen LogP contribution < -0.4 is 10.9 Å². The van der Waals surface area contributed by atoms with E-state index in [1.165, 1.54) is 23.3 Å². The molecule has 3 aromatic rings. The van der Waals surface area contributed by atoms with E-state index in [9.17, 15) is 9.59 Å². The van der Waals surface area contributed by atoms with Crippen molar-refractivity contribution in [2.45, 2.75) is 39.5 Å². The third-order valence-corrected chi connectivity index (χ3v) is 5.02. The number of benzene rings is 2. The van der Waals surface area contributed by atoms with Crippen LogP contribution in [-0.4, -0.2) is 24.2 Å². The summed E-state index contributed by atoms with van der Waals surface area (Å²) in [5.74, 6) is -0.275. The van der Waals surface area contributed by atoms with E-state index in [2.05, 4.69) is 48.7 Å². The zero-order chi connectivity index (χ0) is 23.8. The minimum absolute atomic E-state index is 0.0271. The van der Waals surface area contributed by atoms with Crippen LogP contribution in [0.25, 0.3) is 0 Å². The Balaban J connectivity index is 1.51. The predicted molar refractivity (Wildman–Crippen MR) is 130 cm³/mol. The van der Waals surface area contributed by atoms with Gasteiger partial charge in [0.05, 0.1) is 12.4 Å². The number of carbonyl (C=O) groups excluding carboxylic acids is 2. The average molecular weight is 445 g/mol. The number of hydrogen-bond acceptors (Lipinski definition) is 5. The first-order valence-electron chi connectivity index (χ1n) is 10.8. The number of carbonyl (C=O) groups is 2. The second-order valence-corrected chi connectivity index (χ2v) is 8.20. The van der Waals surface area contributed by atoms with Crippen LogP contribution in [0.15, 0.2) is 75.3 Å². The van der Waals surface area contributed by atoms with Crippen LogP contribution in [0.5, 0.6) is 0 Å². The highest BCUT2D eigenvalue weighted by Crippen LogP contribution is 2.15. The molecule has 0 aliphatic carbocycles. The Morgan fingerprint density at radius 2 is 1.03 bits per heavy atom. The molecule has 33 heavy (non-hydrogen) atoms. The fraction of sp³-hybridized carbons (Fsp3) is 0.231. The zero-order valence-electron chi connectivity index (χ0n) is 19.2. The molecule has 2 amide bonds. The largest absolute Gasteiger partial charge is 0.446 e. The first-order chi connectivity index (χ1) is 15.8. The summed E-state index contributed by atoms with van der Waals surface area (Å²) in [6.07, 6.45) is 3.09. The molecular weight excluding hydrogens is 416 g/mol. The van der Waals surface area contributed by atoms with Crippen LogP contribution in [0.2, 0.25) is 0 Å². The second-order valence-electron chi connectivity index (χ2n) is 8.20. The molecule has 0 unspecified atom stereocenters. The quantitative estimate of drug-likeness (QED) is 0.376. The molecule has 0 saturated carbocycles. The Hall–Kier alpha value is -4.00. The molecule has 3 rings (SSSR count). The maximum Gasteiger partial charge on any atom is 0.307 e. The van der Waals surface area contributed by atoms with Crippen molar-refractivity contribution in [1.29, 1.82) is 0 Å². The SMILES string of the molecule is CC(C)c1ccc(C=NNC(=O)c2ccc(C(=O)NN=Cc3ccc(C(C)C)cc3)o2)cc1. The van der Waals surface area contributed by atoms with Gasteiger partial charge in [0.25, 0.3) is 0 Å². The average Bonchev–Trinajstić information content (AvgIpc) is 3.30. The van der Waals surface area contributed by atoms with Crippen molar-refractivity contribution in [3.05, 3.63) is 94.4 Å². The number of nitrogens with zero attached hydrogens (tertiary/aromatic N) is 2. The Labute approximate surface area is 193 Å². The molecule has 7 nitrogen and oxygen atoms in total. The van der Waals surface area contributed by atoms with Crippen molar-refractivity contribution in [3.63, 3.8) is 0 Å². The van der Waals surface area contributed by atoms with Crippen molar-refractivity contribution < 1.29 is 14.0 Å². The van der Waals surface area contributed by atoms with Crippen LogP contribution in [0.4, 0.5) is 0 Å². The first-order valence-corrected chi connectivity index (χ1v) is 10.8. The molecule has 0 spiro atoms. The fourth-order valence-corrected chi connectivity index (χ4v) is 2.96. The van der Waals surface area contributed by atoms with E-state index in [0.29, 0.717) is 11.8 Å². The summed E-state index contributed by atoms with van der Waals surface area (Å²) < 4.78 is 5.33. The highest BCUT2D eigenvalue weighted by molar-refractivity contribution is 5.96. The maximum atomic E-state index is 12.2. The van der Waals surface area contributed by atoms with Crippen molar-refractivity contribution in [2.24, 2.45) is 10.2 Å². The van der Waals surface area contributed by atoms with Gasteiger partial charge in [-0.25, -0.2) is 10.9 Å². The third-order valence-electron chi connectivity index (χ3n) is 5.02. The molecular formula is C26H28N4O3. The fourth-order valence-electron chi connectivity index (χ4n) is 2.96. The third kappa shape index (κ3) is 6.74. The van der Waals surface area contributed by atoms with Gasteiger partial charge in [0.15, 0.2) is 11.5 Å². The van der Waals surface area contributed by atoms with E-state index in [1.807, 2.05) is 48.5 Å². The van der Waals surface area contributed by atoms with Crippen molar-refractivity contribution in [2.75, 3.05) is 0 Å². The molecule has 0 radical (unpaired) electrons. The van der Waals surface area contributed by atoms with Gasteiger partial charge < -0.3 is 4.42 Å². The number of hydrazone groups is 2. The maximum absolute atomic E-state index is 12.2. The van der Waals surface area contributed by atoms with Crippen molar-refractivity contribution in [3.8, 4) is 0 Å². The van der Waals surface area contributed by atoms with Crippen LogP contribution >= 0.6 is 0 Å². The standard InChI is InChI=1S/C26H28N4O3/c1-17(2)21-9-5-19(6-10-21)15-27-29-25(31)23-13-14-24(33-23)26(32)30-28-16-20-7-11-22(12-8-20)18(3)4/h5-18H,1-4H3,(H,29,31)(H,30,32). The van der Waals surface area contributed by atoms with Crippen LogP contribution in [0, 0.1) is 0 Å². The number of amides is 2. The smallest absolute Gasteiger partial charge is 0.307 e. The lowest BCUT2D eigenvalue weighted by Crippen LogP contribution is -2.18. The molecule has 0 bridgehead atoms. The summed E-state index contributed by atoms with van der Waals surface area (Å²) in [6.45, 7) is 8.50. The Morgan fingerprint density at radius 1 is 0.667 bits per heavy atom. The molecule has 0 fully saturated rings. The summed E-state index contributed by atoms with van der Waals surface area (Å²) in [5, 5.41) is 7.88. The number of furan rings is 1. The van der Waals surface area contributed by atoms with E-state index in [-0.39, 0.29) is 11.5 Å². The number of hydrogen-bond donors (Lipinski definition) is 2. The molecule has 0 aliphatic rings. The van der Waals surface area contributed by atoms with Gasteiger partial charge in [0.1, 0.15) is 0 Å². The molecule has 1 aromatic heterocycles. The Kier molecular flexibility index (Phi) is 7.91. The van der Waals surface area contributed by atoms with Gasteiger partial charge >= 0.3 is 11.8 Å². The topological polar surface area (TPSA) is 96.1 Å². The van der Waals surface area contributed by atoms with E-state index >= 15 is 0 Å². The van der Waals surface area contributed by atoms with Gasteiger partial charge in [0.2, 0.25) is 0 Å². The number of rotatable bonds is 8. The molecule has 0 aliphatic heterocycles. The molecule has 1 heterocycles. The lowest BCUT2D eigenvalue weighted by Gasteiger charge is -2.04. The Bertz CT molecular complexity index is 1050. The van der Waals surface area contributed by atoms with Crippen molar-refractivity contribution in [1.82, 2.24) is 10.9 Å². The lowest BCUT2D eigenvalue weighted by molar-refractivity contribution is 0.0902. The van der Waals surface area contributed by atoms with E-state index in [4.69, 9.17) is 4.42 Å². The number of nitrogens with one attached hydrogen (secondary N) is 2. The normalized spacial score (nSPS) is 11.6. The molecule has 0 saturated heterocycles. The van der Waals surface area contributed by atoms with Gasteiger partial charge in [-0.2, -0.15) is 10.2 Å². The van der Waals surface area contributed by atoms with Gasteiger partial charge in [-0.1, -0.05) is 76.2 Å². The lowest BCUT2D eigenvalue weighted by atomic mass is 10.0. The summed E-state index contributed by atoms with van der Waals surface area (Å²) in [6, 6.07) is 18.6. The van der Waals surface area contributed by atoms with Gasteiger partial charge in [0, 0.05) is 0 Å². The van der Waals surface area contributed by atoms with Gasteiger partial charge in [-0.05, 0) is 46.2 Å². The van der Waals surface area contributed by atoms with Crippen LogP contribution in [0.1, 0.15) is 82.9 Å². The van der Waals surface area contributed by atoms with E-state index < -0.39 is 11.8 Å². The summed E-state index contributed by atoms with van der Waals surface area (Å²) in [7, 11) is 0. The van der Waals surface area contributed by atoms with Crippen LogP contribution in [0.3, 0.4) is 0 Å². The summed E-state index contributed by atoms with van der Waals surface area (Å²) >= 11 is 0. The van der Waals surface area contributed by atoms with E-state index in [0.717, 1.165) is 11.1 Å². The zero-order valence-corrected chi connectivity index (χ0v) is 19.2. The summed E-state index contributed by atoms with van der Waals surface area (Å²) in [4.78, 5) is 24.4. The second kappa shape index (κ2) is 11.0. The molecule has 170 valence electrons. The summed E-state index contributed by atoms with van der Waals surface area (Å²) in [5.41, 5.74) is 8.95. The predicted octanol–water partition coefficient (Wildman–Crippen LogP) is 5.05. The first kappa shape index (κ1) is 23.7. The van der Waals surface area contributed by atoms with Crippen LogP contribution in [-0.2, 0) is 0 Å². The molecule has 7 heteroatoms. The van der Waals surface area contributed by atoms with Crippen molar-refractivity contribution >= 4 is 24.2 Å². The highest BCUT2D eigenvalue weighted by Gasteiger charge is 2.15.